The lowest BCUT2D eigenvalue weighted by Crippen LogP contribution is -2.41. The molecule has 6 heteroatoms. The molecule has 1 aliphatic rings. The highest BCUT2D eigenvalue weighted by atomic mass is 79.9. The molecule has 23 heavy (non-hydrogen) atoms. The molecule has 3 amide bonds. The molecule has 1 N–H and O–H groups in total. The Morgan fingerprint density at radius 2 is 2.04 bits per heavy atom. The molecule has 1 aromatic carbocycles. The Balaban J connectivity index is 1.79. The van der Waals surface area contributed by atoms with Crippen LogP contribution in [0.1, 0.15) is 18.2 Å². The van der Waals surface area contributed by atoms with Gasteiger partial charge in [0.1, 0.15) is 5.54 Å². The maximum Gasteiger partial charge on any atom is 0.325 e. The van der Waals surface area contributed by atoms with Crippen molar-refractivity contribution in [3.05, 3.63) is 64.4 Å². The van der Waals surface area contributed by atoms with Crippen LogP contribution in [0.2, 0.25) is 0 Å². The first kappa shape index (κ1) is 15.7. The van der Waals surface area contributed by atoms with Crippen molar-refractivity contribution in [2.75, 3.05) is 6.54 Å². The zero-order valence-corrected chi connectivity index (χ0v) is 14.2. The van der Waals surface area contributed by atoms with E-state index in [4.69, 9.17) is 0 Å². The number of halogens is 1. The summed E-state index contributed by atoms with van der Waals surface area (Å²) in [6, 6.07) is 12.7. The molecule has 2 heterocycles. The Labute approximate surface area is 142 Å². The number of imide groups is 1. The minimum absolute atomic E-state index is 0.239. The predicted octanol–water partition coefficient (Wildman–Crippen LogP) is 2.85. The standard InChI is InChI=1S/C17H16BrN3O2/c1-17(12-5-4-6-13(18)11-12)15(22)21(16(23)20-17)10-8-14-7-2-3-9-19-14/h2-7,9,11H,8,10H2,1H3,(H,20,23). The van der Waals surface area contributed by atoms with E-state index in [0.717, 1.165) is 15.7 Å². The molecule has 2 aromatic rings. The summed E-state index contributed by atoms with van der Waals surface area (Å²) in [7, 11) is 0. The van der Waals surface area contributed by atoms with Crippen LogP contribution in [0.5, 0.6) is 0 Å². The highest BCUT2D eigenvalue weighted by molar-refractivity contribution is 9.10. The Morgan fingerprint density at radius 1 is 1.22 bits per heavy atom. The number of carbonyl (C=O) groups is 2. The van der Waals surface area contributed by atoms with Gasteiger partial charge >= 0.3 is 6.03 Å². The van der Waals surface area contributed by atoms with E-state index in [9.17, 15) is 9.59 Å². The molecule has 1 aromatic heterocycles. The zero-order valence-electron chi connectivity index (χ0n) is 12.6. The third kappa shape index (κ3) is 2.99. The third-order valence-corrected chi connectivity index (χ3v) is 4.49. The van der Waals surface area contributed by atoms with Gasteiger partial charge in [-0.2, -0.15) is 0 Å². The maximum absolute atomic E-state index is 12.8. The average Bonchev–Trinajstić information content (AvgIpc) is 2.77. The average molecular weight is 374 g/mol. The van der Waals surface area contributed by atoms with Crippen molar-refractivity contribution < 1.29 is 9.59 Å². The molecule has 1 aliphatic heterocycles. The first-order chi connectivity index (χ1) is 11.0. The summed E-state index contributed by atoms with van der Waals surface area (Å²) < 4.78 is 0.866. The van der Waals surface area contributed by atoms with Gasteiger partial charge in [0.25, 0.3) is 5.91 Å². The van der Waals surface area contributed by atoms with Gasteiger partial charge in [-0.1, -0.05) is 34.1 Å². The van der Waals surface area contributed by atoms with Gasteiger partial charge in [-0.3, -0.25) is 14.7 Å². The van der Waals surface area contributed by atoms with Crippen molar-refractivity contribution in [3.8, 4) is 0 Å². The van der Waals surface area contributed by atoms with Crippen LogP contribution in [0.25, 0.3) is 0 Å². The second kappa shape index (κ2) is 6.12. The monoisotopic (exact) mass is 373 g/mol. The number of pyridine rings is 1. The number of rotatable bonds is 4. The third-order valence-electron chi connectivity index (χ3n) is 3.99. The lowest BCUT2D eigenvalue weighted by atomic mass is 9.92. The molecule has 118 valence electrons. The predicted molar refractivity (Wildman–Crippen MR) is 89.7 cm³/mol. The lowest BCUT2D eigenvalue weighted by Gasteiger charge is -2.22. The summed E-state index contributed by atoms with van der Waals surface area (Å²) in [6.45, 7) is 2.04. The number of benzene rings is 1. The minimum atomic E-state index is -1.04. The van der Waals surface area contributed by atoms with Gasteiger partial charge in [-0.05, 0) is 36.8 Å². The van der Waals surface area contributed by atoms with Gasteiger partial charge in [0.05, 0.1) is 0 Å². The van der Waals surface area contributed by atoms with E-state index in [0.29, 0.717) is 13.0 Å². The molecule has 5 nitrogen and oxygen atoms in total. The van der Waals surface area contributed by atoms with Gasteiger partial charge in [0.15, 0.2) is 0 Å². The van der Waals surface area contributed by atoms with Crippen LogP contribution >= 0.6 is 15.9 Å². The maximum atomic E-state index is 12.8. The molecule has 1 atom stereocenters. The topological polar surface area (TPSA) is 62.3 Å². The molecule has 0 aliphatic carbocycles. The normalized spacial score (nSPS) is 20.7. The molecule has 0 bridgehead atoms. The number of hydrogen-bond donors (Lipinski definition) is 1. The molecule has 0 saturated carbocycles. The SMILES string of the molecule is CC1(c2cccc(Br)c2)NC(=O)N(CCc2ccccn2)C1=O. The van der Waals surface area contributed by atoms with Crippen LogP contribution in [0, 0.1) is 0 Å². The molecule has 0 radical (unpaired) electrons. The van der Waals surface area contributed by atoms with Gasteiger partial charge in [0, 0.05) is 29.3 Å². The van der Waals surface area contributed by atoms with E-state index in [-0.39, 0.29) is 11.9 Å². The zero-order chi connectivity index (χ0) is 16.4. The van der Waals surface area contributed by atoms with E-state index in [2.05, 4.69) is 26.2 Å². The lowest BCUT2D eigenvalue weighted by molar-refractivity contribution is -0.131. The van der Waals surface area contributed by atoms with Crippen molar-refractivity contribution in [2.24, 2.45) is 0 Å². The first-order valence-corrected chi connectivity index (χ1v) is 8.10. The van der Waals surface area contributed by atoms with E-state index >= 15 is 0 Å². The number of aromatic nitrogens is 1. The second-order valence-electron chi connectivity index (χ2n) is 5.59. The fourth-order valence-electron chi connectivity index (χ4n) is 2.67. The van der Waals surface area contributed by atoms with Crippen molar-refractivity contribution in [1.29, 1.82) is 0 Å². The van der Waals surface area contributed by atoms with Crippen molar-refractivity contribution in [2.45, 2.75) is 18.9 Å². The second-order valence-corrected chi connectivity index (χ2v) is 6.51. The summed E-state index contributed by atoms with van der Waals surface area (Å²) in [4.78, 5) is 30.5. The summed E-state index contributed by atoms with van der Waals surface area (Å²) >= 11 is 3.40. The fraction of sp³-hybridized carbons (Fsp3) is 0.235. The summed E-state index contributed by atoms with van der Waals surface area (Å²) in [5.41, 5.74) is 0.569. The summed E-state index contributed by atoms with van der Waals surface area (Å²) in [6.07, 6.45) is 2.24. The van der Waals surface area contributed by atoms with Crippen molar-refractivity contribution in [3.63, 3.8) is 0 Å². The molecule has 1 saturated heterocycles. The van der Waals surface area contributed by atoms with E-state index < -0.39 is 5.54 Å². The Kier molecular flexibility index (Phi) is 4.17. The highest BCUT2D eigenvalue weighted by Gasteiger charge is 2.48. The molecule has 1 unspecified atom stereocenters. The molecule has 1 fully saturated rings. The number of carbonyl (C=O) groups excluding carboxylic acids is 2. The van der Waals surface area contributed by atoms with Gasteiger partial charge < -0.3 is 5.32 Å². The van der Waals surface area contributed by atoms with Crippen LogP contribution in [0.4, 0.5) is 4.79 Å². The molecular formula is C17H16BrN3O2. The smallest absolute Gasteiger partial charge is 0.319 e. The van der Waals surface area contributed by atoms with Crippen LogP contribution in [-0.2, 0) is 16.8 Å². The largest absolute Gasteiger partial charge is 0.325 e. The first-order valence-electron chi connectivity index (χ1n) is 7.31. The number of urea groups is 1. The molecule has 0 spiro atoms. The van der Waals surface area contributed by atoms with Crippen molar-refractivity contribution >= 4 is 27.9 Å². The molecular weight excluding hydrogens is 358 g/mol. The minimum Gasteiger partial charge on any atom is -0.319 e. The van der Waals surface area contributed by atoms with Crippen LogP contribution in [0.15, 0.2) is 53.1 Å². The van der Waals surface area contributed by atoms with E-state index in [1.165, 1.54) is 4.90 Å². The quantitative estimate of drug-likeness (QED) is 0.838. The van der Waals surface area contributed by atoms with Crippen LogP contribution in [-0.4, -0.2) is 28.4 Å². The van der Waals surface area contributed by atoms with Gasteiger partial charge in [-0.25, -0.2) is 4.79 Å². The van der Waals surface area contributed by atoms with E-state index in [1.807, 2.05) is 42.5 Å². The number of nitrogens with zero attached hydrogens (tertiary/aromatic N) is 2. The molecule has 3 rings (SSSR count). The highest BCUT2D eigenvalue weighted by Crippen LogP contribution is 2.30. The Bertz CT molecular complexity index is 751. The Hall–Kier alpha value is -2.21. The van der Waals surface area contributed by atoms with Gasteiger partial charge in [-0.15, -0.1) is 0 Å². The summed E-state index contributed by atoms with van der Waals surface area (Å²) in [5.74, 6) is -0.239. The van der Waals surface area contributed by atoms with Gasteiger partial charge in [0.2, 0.25) is 0 Å². The van der Waals surface area contributed by atoms with Crippen molar-refractivity contribution in [1.82, 2.24) is 15.2 Å². The van der Waals surface area contributed by atoms with E-state index in [1.54, 1.807) is 13.1 Å². The Morgan fingerprint density at radius 3 is 2.74 bits per heavy atom. The fourth-order valence-corrected chi connectivity index (χ4v) is 3.07. The number of amides is 3. The summed E-state index contributed by atoms with van der Waals surface area (Å²) in [5, 5.41) is 2.81. The van der Waals surface area contributed by atoms with Crippen LogP contribution < -0.4 is 5.32 Å². The number of nitrogens with one attached hydrogen (secondary N) is 1. The van der Waals surface area contributed by atoms with Crippen LogP contribution in [0.3, 0.4) is 0 Å². The number of hydrogen-bond acceptors (Lipinski definition) is 3.